The van der Waals surface area contributed by atoms with Crippen LogP contribution in [0.3, 0.4) is 0 Å². The maximum Gasteiger partial charge on any atom is 0.242 e. The van der Waals surface area contributed by atoms with Crippen molar-refractivity contribution in [1.82, 2.24) is 4.90 Å². The first-order chi connectivity index (χ1) is 4.80. The third kappa shape index (κ3) is 1.93. The first kappa shape index (κ1) is 9.94. The largest absolute Gasteiger partial charge is 0.368 e. The highest BCUT2D eigenvalue weighted by atomic mass is 16.2. The Morgan fingerprint density at radius 2 is 1.73 bits per heavy atom. The molecule has 0 atom stereocenters. The summed E-state index contributed by atoms with van der Waals surface area (Å²) in [5.74, 6) is -0.677. The number of hydrogen-bond donors (Lipinski definition) is 1. The van der Waals surface area contributed by atoms with Crippen molar-refractivity contribution in [2.75, 3.05) is 7.05 Å². The second kappa shape index (κ2) is 2.90. The molecule has 4 heteroatoms. The van der Waals surface area contributed by atoms with Crippen molar-refractivity contribution < 1.29 is 9.59 Å². The molecule has 64 valence electrons. The molecular weight excluding hydrogens is 144 g/mol. The fourth-order valence-corrected chi connectivity index (χ4v) is 0.559. The van der Waals surface area contributed by atoms with Crippen molar-refractivity contribution in [3.8, 4) is 0 Å². The summed E-state index contributed by atoms with van der Waals surface area (Å²) in [6.07, 6.45) is 0. The SMILES string of the molecule is CC(=O)N(C)C(C)(C)C(N)=O. The number of rotatable bonds is 2. The lowest BCUT2D eigenvalue weighted by atomic mass is 10.0. The van der Waals surface area contributed by atoms with E-state index < -0.39 is 11.4 Å². The molecule has 0 aromatic carbocycles. The zero-order valence-electron chi connectivity index (χ0n) is 7.34. The molecule has 0 saturated heterocycles. The molecule has 0 aliphatic carbocycles. The van der Waals surface area contributed by atoms with Crippen molar-refractivity contribution in [2.45, 2.75) is 26.3 Å². The van der Waals surface area contributed by atoms with E-state index in [4.69, 9.17) is 5.73 Å². The number of likely N-dealkylation sites (N-methyl/N-ethyl adjacent to an activating group) is 1. The van der Waals surface area contributed by atoms with Crippen LogP contribution in [0.2, 0.25) is 0 Å². The number of nitrogens with zero attached hydrogens (tertiary/aromatic N) is 1. The number of nitrogens with two attached hydrogens (primary N) is 1. The Morgan fingerprint density at radius 1 is 1.36 bits per heavy atom. The van der Waals surface area contributed by atoms with Crippen LogP contribution >= 0.6 is 0 Å². The first-order valence-electron chi connectivity index (χ1n) is 3.34. The van der Waals surface area contributed by atoms with Gasteiger partial charge >= 0.3 is 0 Å². The molecule has 0 unspecified atom stereocenters. The van der Waals surface area contributed by atoms with E-state index in [-0.39, 0.29) is 5.91 Å². The minimum Gasteiger partial charge on any atom is -0.368 e. The van der Waals surface area contributed by atoms with Crippen LogP contribution in [-0.2, 0) is 9.59 Å². The zero-order valence-corrected chi connectivity index (χ0v) is 7.34. The van der Waals surface area contributed by atoms with Gasteiger partial charge in [0, 0.05) is 14.0 Å². The Kier molecular flexibility index (Phi) is 2.62. The third-order valence-electron chi connectivity index (χ3n) is 1.91. The molecule has 0 spiro atoms. The molecule has 0 aromatic rings. The quantitative estimate of drug-likeness (QED) is 0.601. The molecule has 11 heavy (non-hydrogen) atoms. The Bertz CT molecular complexity index is 187. The lowest BCUT2D eigenvalue weighted by Crippen LogP contribution is -2.53. The molecular formula is C7H14N2O2. The van der Waals surface area contributed by atoms with Gasteiger partial charge in [-0.25, -0.2) is 0 Å². The van der Waals surface area contributed by atoms with E-state index in [9.17, 15) is 9.59 Å². The van der Waals surface area contributed by atoms with Crippen LogP contribution in [0.5, 0.6) is 0 Å². The molecule has 0 fully saturated rings. The number of primary amides is 1. The average Bonchev–Trinajstić information content (AvgIpc) is 1.85. The van der Waals surface area contributed by atoms with Crippen molar-refractivity contribution in [1.29, 1.82) is 0 Å². The molecule has 0 bridgehead atoms. The molecule has 0 saturated carbocycles. The van der Waals surface area contributed by atoms with Crippen LogP contribution in [0.1, 0.15) is 20.8 Å². The Morgan fingerprint density at radius 3 is 1.82 bits per heavy atom. The fraction of sp³-hybridized carbons (Fsp3) is 0.714. The fourth-order valence-electron chi connectivity index (χ4n) is 0.559. The van der Waals surface area contributed by atoms with Crippen LogP contribution < -0.4 is 5.73 Å². The van der Waals surface area contributed by atoms with E-state index >= 15 is 0 Å². The van der Waals surface area contributed by atoms with E-state index in [1.807, 2.05) is 0 Å². The summed E-state index contributed by atoms with van der Waals surface area (Å²) in [6.45, 7) is 4.61. The Labute approximate surface area is 66.4 Å². The van der Waals surface area contributed by atoms with Gasteiger partial charge in [0.05, 0.1) is 0 Å². The summed E-state index contributed by atoms with van der Waals surface area (Å²) >= 11 is 0. The van der Waals surface area contributed by atoms with Gasteiger partial charge in [-0.3, -0.25) is 9.59 Å². The number of carbonyl (C=O) groups excluding carboxylic acids is 2. The molecule has 0 rings (SSSR count). The average molecular weight is 158 g/mol. The minimum absolute atomic E-state index is 0.172. The van der Waals surface area contributed by atoms with Gasteiger partial charge in [-0.2, -0.15) is 0 Å². The molecule has 0 radical (unpaired) electrons. The molecule has 0 aliphatic rings. The van der Waals surface area contributed by atoms with Gasteiger partial charge in [-0.05, 0) is 13.8 Å². The van der Waals surface area contributed by atoms with Gasteiger partial charge in [0.25, 0.3) is 0 Å². The second-order valence-electron chi connectivity index (χ2n) is 3.00. The van der Waals surface area contributed by atoms with Crippen LogP contribution in [0.4, 0.5) is 0 Å². The smallest absolute Gasteiger partial charge is 0.242 e. The highest BCUT2D eigenvalue weighted by molar-refractivity contribution is 5.88. The van der Waals surface area contributed by atoms with Crippen molar-refractivity contribution in [3.05, 3.63) is 0 Å². The van der Waals surface area contributed by atoms with Gasteiger partial charge in [0.15, 0.2) is 0 Å². The van der Waals surface area contributed by atoms with Crippen LogP contribution in [-0.4, -0.2) is 29.3 Å². The summed E-state index contributed by atoms with van der Waals surface area (Å²) in [5, 5.41) is 0. The van der Waals surface area contributed by atoms with Gasteiger partial charge in [-0.15, -0.1) is 0 Å². The summed E-state index contributed by atoms with van der Waals surface area (Å²) in [6, 6.07) is 0. The second-order valence-corrected chi connectivity index (χ2v) is 3.00. The molecule has 2 amide bonds. The van der Waals surface area contributed by atoms with Crippen molar-refractivity contribution in [2.24, 2.45) is 5.73 Å². The zero-order chi connectivity index (χ0) is 9.23. The first-order valence-corrected chi connectivity index (χ1v) is 3.34. The normalized spacial score (nSPS) is 10.9. The summed E-state index contributed by atoms with van der Waals surface area (Å²) < 4.78 is 0. The number of hydrogen-bond acceptors (Lipinski definition) is 2. The maximum atomic E-state index is 10.8. The monoisotopic (exact) mass is 158 g/mol. The van der Waals surface area contributed by atoms with E-state index in [1.165, 1.54) is 11.8 Å². The van der Waals surface area contributed by atoms with Gasteiger partial charge in [-0.1, -0.05) is 0 Å². The summed E-state index contributed by atoms with van der Waals surface area (Å²) in [4.78, 5) is 22.9. The van der Waals surface area contributed by atoms with E-state index in [1.54, 1.807) is 20.9 Å². The third-order valence-corrected chi connectivity index (χ3v) is 1.91. The van der Waals surface area contributed by atoms with Gasteiger partial charge in [0.2, 0.25) is 11.8 Å². The molecule has 0 aromatic heterocycles. The Hall–Kier alpha value is -1.06. The van der Waals surface area contributed by atoms with E-state index in [2.05, 4.69) is 0 Å². The predicted molar refractivity (Wildman–Crippen MR) is 41.7 cm³/mol. The van der Waals surface area contributed by atoms with Gasteiger partial charge < -0.3 is 10.6 Å². The molecule has 2 N–H and O–H groups in total. The maximum absolute atomic E-state index is 10.8. The van der Waals surface area contributed by atoms with Crippen LogP contribution in [0.15, 0.2) is 0 Å². The number of amides is 2. The molecule has 0 aliphatic heterocycles. The number of carbonyl (C=O) groups is 2. The minimum atomic E-state index is -0.897. The van der Waals surface area contributed by atoms with Crippen molar-refractivity contribution >= 4 is 11.8 Å². The topological polar surface area (TPSA) is 63.4 Å². The standard InChI is InChI=1S/C7H14N2O2/c1-5(10)9(4)7(2,3)6(8)11/h1-4H3,(H2,8,11). The molecule has 0 heterocycles. The lowest BCUT2D eigenvalue weighted by molar-refractivity contribution is -0.140. The van der Waals surface area contributed by atoms with Crippen LogP contribution in [0, 0.1) is 0 Å². The highest BCUT2D eigenvalue weighted by Crippen LogP contribution is 2.10. The van der Waals surface area contributed by atoms with E-state index in [0.717, 1.165) is 0 Å². The lowest BCUT2D eigenvalue weighted by Gasteiger charge is -2.31. The summed E-state index contributed by atoms with van der Waals surface area (Å²) in [5.41, 5.74) is 4.18. The van der Waals surface area contributed by atoms with Crippen molar-refractivity contribution in [3.63, 3.8) is 0 Å². The Balaban J connectivity index is 4.55. The highest BCUT2D eigenvalue weighted by Gasteiger charge is 2.31. The van der Waals surface area contributed by atoms with Crippen LogP contribution in [0.25, 0.3) is 0 Å². The van der Waals surface area contributed by atoms with E-state index in [0.29, 0.717) is 0 Å². The summed E-state index contributed by atoms with van der Waals surface area (Å²) in [7, 11) is 1.55. The predicted octanol–water partition coefficient (Wildman–Crippen LogP) is -0.271. The molecule has 4 nitrogen and oxygen atoms in total. The van der Waals surface area contributed by atoms with Gasteiger partial charge in [0.1, 0.15) is 5.54 Å².